The molecule has 0 atom stereocenters. The average Bonchev–Trinajstić information content (AvgIpc) is 3.75. The van der Waals surface area contributed by atoms with Gasteiger partial charge in [0.05, 0.1) is 11.4 Å². The zero-order chi connectivity index (χ0) is 42.6. The molecule has 12 aromatic carbocycles. The second-order valence-electron chi connectivity index (χ2n) is 17.3. The van der Waals surface area contributed by atoms with Gasteiger partial charge in [-0.15, -0.1) is 11.3 Å². The number of fused-ring (bicyclic) bond motifs is 5. The Hall–Kier alpha value is -8.24. The third-order valence-corrected chi connectivity index (χ3v) is 14.7. The summed E-state index contributed by atoms with van der Waals surface area (Å²) in [7, 11) is 0. The van der Waals surface area contributed by atoms with Crippen molar-refractivity contribution in [2.75, 3.05) is 0 Å². The fraction of sp³-hybridized carbons (Fsp3) is 0. The number of hydrogen-bond acceptors (Lipinski definition) is 3. The van der Waals surface area contributed by atoms with Gasteiger partial charge in [0, 0.05) is 36.9 Å². The van der Waals surface area contributed by atoms with Crippen molar-refractivity contribution in [2.45, 2.75) is 0 Å². The molecule has 0 saturated carbocycles. The molecule has 3 heteroatoms. The first-order valence-electron chi connectivity index (χ1n) is 22.2. The van der Waals surface area contributed by atoms with E-state index >= 15 is 0 Å². The molecule has 0 spiro atoms. The minimum absolute atomic E-state index is 0.718. The Bertz CT molecular complexity index is 4200. The van der Waals surface area contributed by atoms with Crippen LogP contribution in [0.15, 0.2) is 218 Å². The molecule has 65 heavy (non-hydrogen) atoms. The van der Waals surface area contributed by atoms with E-state index in [-0.39, 0.29) is 0 Å². The van der Waals surface area contributed by atoms with Crippen LogP contribution in [0.3, 0.4) is 0 Å². The van der Waals surface area contributed by atoms with E-state index < -0.39 is 0 Å². The number of aromatic nitrogens is 2. The van der Waals surface area contributed by atoms with Crippen LogP contribution in [-0.4, -0.2) is 9.97 Å². The summed E-state index contributed by atoms with van der Waals surface area (Å²) in [6.07, 6.45) is 0. The van der Waals surface area contributed by atoms with Crippen molar-refractivity contribution < 1.29 is 0 Å². The van der Waals surface area contributed by atoms with E-state index in [1.54, 1.807) is 0 Å². The van der Waals surface area contributed by atoms with E-state index in [0.717, 1.165) is 39.5 Å². The van der Waals surface area contributed by atoms with E-state index in [1.165, 1.54) is 101 Å². The lowest BCUT2D eigenvalue weighted by atomic mass is 9.86. The molecule has 14 rings (SSSR count). The number of thiophene rings is 1. The third kappa shape index (κ3) is 5.73. The largest absolute Gasteiger partial charge is 0.228 e. The second-order valence-corrected chi connectivity index (χ2v) is 18.3. The lowest BCUT2D eigenvalue weighted by Gasteiger charge is -2.17. The number of benzene rings is 11. The number of hydrogen-bond donors (Lipinski definition) is 0. The summed E-state index contributed by atoms with van der Waals surface area (Å²) < 4.78 is 2.56. The molecule has 2 aromatic heterocycles. The standard InChI is InChI=1S/C62H36N2S/c1-2-9-44(10-3-1)62-63-54(36-55(64-62)45-31-32-49-48-14-4-5-18-56(48)65-57(49)35-45)40-25-23-38(24-26-40)37-19-21-39(22-20-37)47-33-46-30-29-43-12-7-16-51-50-15-6-11-41-27-28-42-13-8-17-52(60(42)58(41)50)53(34-47)61(46)59(43)51/h1-36H. The Morgan fingerprint density at radius 1 is 0.246 bits per heavy atom. The van der Waals surface area contributed by atoms with Gasteiger partial charge >= 0.3 is 0 Å². The van der Waals surface area contributed by atoms with Crippen molar-refractivity contribution in [3.8, 4) is 56.2 Å². The van der Waals surface area contributed by atoms with Crippen LogP contribution < -0.4 is 0 Å². The Morgan fingerprint density at radius 3 is 1.37 bits per heavy atom. The predicted molar refractivity (Wildman–Crippen MR) is 278 cm³/mol. The SMILES string of the molecule is c1ccc(-c2nc(-c3ccc(-c4ccc(-c5cc6ccc7cccc8c9cccc%10ccc%11cccc(c(c5)c6c78)c%11c%109)cc4)cc3)cc(-c3ccc4c(c3)sc3ccccc34)n2)cc1. The van der Waals surface area contributed by atoms with Crippen LogP contribution in [0.4, 0.5) is 0 Å². The van der Waals surface area contributed by atoms with Gasteiger partial charge in [-0.05, 0) is 117 Å². The van der Waals surface area contributed by atoms with E-state index in [1.807, 2.05) is 29.5 Å². The molecule has 0 aliphatic rings. The smallest absolute Gasteiger partial charge is 0.160 e. The molecule has 0 N–H and O–H groups in total. The number of nitrogens with zero attached hydrogens (tertiary/aromatic N) is 2. The van der Waals surface area contributed by atoms with Gasteiger partial charge < -0.3 is 0 Å². The van der Waals surface area contributed by atoms with Gasteiger partial charge in [0.2, 0.25) is 0 Å². The quantitative estimate of drug-likeness (QED) is 0.161. The van der Waals surface area contributed by atoms with Crippen LogP contribution in [0.25, 0.3) is 141 Å². The van der Waals surface area contributed by atoms with Gasteiger partial charge in [-0.1, -0.05) is 188 Å². The van der Waals surface area contributed by atoms with Crippen molar-refractivity contribution in [2.24, 2.45) is 0 Å². The van der Waals surface area contributed by atoms with Crippen LogP contribution in [0, 0.1) is 0 Å². The highest BCUT2D eigenvalue weighted by Crippen LogP contribution is 2.45. The monoisotopic (exact) mass is 840 g/mol. The number of rotatable bonds is 5. The molecule has 0 fully saturated rings. The van der Waals surface area contributed by atoms with Crippen LogP contribution >= 0.6 is 11.3 Å². The molecule has 0 unspecified atom stereocenters. The maximum atomic E-state index is 5.14. The minimum atomic E-state index is 0.718. The van der Waals surface area contributed by atoms with Gasteiger partial charge in [0.1, 0.15) is 0 Å². The Balaban J connectivity index is 0.857. The molecule has 0 bridgehead atoms. The molecule has 0 radical (unpaired) electrons. The van der Waals surface area contributed by atoms with Crippen LogP contribution in [-0.2, 0) is 0 Å². The van der Waals surface area contributed by atoms with E-state index in [2.05, 4.69) is 200 Å². The van der Waals surface area contributed by atoms with Crippen LogP contribution in [0.5, 0.6) is 0 Å². The maximum Gasteiger partial charge on any atom is 0.160 e. The highest BCUT2D eigenvalue weighted by molar-refractivity contribution is 7.25. The van der Waals surface area contributed by atoms with Crippen molar-refractivity contribution in [3.05, 3.63) is 218 Å². The summed E-state index contributed by atoms with van der Waals surface area (Å²) in [5, 5.41) is 18.1. The van der Waals surface area contributed by atoms with Crippen molar-refractivity contribution >= 4 is 96.1 Å². The summed E-state index contributed by atoms with van der Waals surface area (Å²) in [4.78, 5) is 10.3. The molecule has 300 valence electrons. The van der Waals surface area contributed by atoms with E-state index in [0.29, 0.717) is 0 Å². The Kier molecular flexibility index (Phi) is 7.89. The molecular formula is C62H36N2S. The van der Waals surface area contributed by atoms with Crippen molar-refractivity contribution in [3.63, 3.8) is 0 Å². The summed E-state index contributed by atoms with van der Waals surface area (Å²) in [5.74, 6) is 0.718. The second kappa shape index (κ2) is 14.1. The minimum Gasteiger partial charge on any atom is -0.228 e. The van der Waals surface area contributed by atoms with Gasteiger partial charge in [0.15, 0.2) is 5.82 Å². The van der Waals surface area contributed by atoms with Gasteiger partial charge in [-0.3, -0.25) is 0 Å². The van der Waals surface area contributed by atoms with E-state index in [9.17, 15) is 0 Å². The summed E-state index contributed by atoms with van der Waals surface area (Å²) in [5.41, 5.74) is 9.68. The van der Waals surface area contributed by atoms with Gasteiger partial charge in [-0.25, -0.2) is 9.97 Å². The molecule has 2 heterocycles. The predicted octanol–water partition coefficient (Wildman–Crippen LogP) is 17.5. The van der Waals surface area contributed by atoms with E-state index in [4.69, 9.17) is 9.97 Å². The maximum absolute atomic E-state index is 5.14. The molecular weight excluding hydrogens is 805 g/mol. The Morgan fingerprint density at radius 2 is 0.723 bits per heavy atom. The highest BCUT2D eigenvalue weighted by Gasteiger charge is 2.17. The highest BCUT2D eigenvalue weighted by atomic mass is 32.1. The zero-order valence-corrected chi connectivity index (χ0v) is 35.9. The molecule has 0 aliphatic heterocycles. The average molecular weight is 841 g/mol. The van der Waals surface area contributed by atoms with Gasteiger partial charge in [-0.2, -0.15) is 0 Å². The molecule has 0 amide bonds. The van der Waals surface area contributed by atoms with Crippen LogP contribution in [0.2, 0.25) is 0 Å². The molecule has 0 saturated heterocycles. The topological polar surface area (TPSA) is 25.8 Å². The van der Waals surface area contributed by atoms with Gasteiger partial charge in [0.25, 0.3) is 0 Å². The summed E-state index contributed by atoms with van der Waals surface area (Å²) in [6, 6.07) is 80.0. The summed E-state index contributed by atoms with van der Waals surface area (Å²) in [6.45, 7) is 0. The van der Waals surface area contributed by atoms with Crippen molar-refractivity contribution in [1.82, 2.24) is 9.97 Å². The third-order valence-electron chi connectivity index (χ3n) is 13.6. The normalized spacial score (nSPS) is 12.0. The molecule has 14 aromatic rings. The lowest BCUT2D eigenvalue weighted by Crippen LogP contribution is -1.95. The fourth-order valence-electron chi connectivity index (χ4n) is 10.5. The molecule has 2 nitrogen and oxygen atoms in total. The zero-order valence-electron chi connectivity index (χ0n) is 35.1. The fourth-order valence-corrected chi connectivity index (χ4v) is 11.6. The van der Waals surface area contributed by atoms with Crippen molar-refractivity contribution in [1.29, 1.82) is 0 Å². The first kappa shape index (κ1) is 36.3. The first-order chi connectivity index (χ1) is 32.2. The first-order valence-corrected chi connectivity index (χ1v) is 23.0. The summed E-state index contributed by atoms with van der Waals surface area (Å²) >= 11 is 1.83. The Labute approximate surface area is 378 Å². The van der Waals surface area contributed by atoms with Crippen LogP contribution in [0.1, 0.15) is 0 Å². The molecule has 0 aliphatic carbocycles. The lowest BCUT2D eigenvalue weighted by molar-refractivity contribution is 1.18.